The maximum atomic E-state index is 11.0. The maximum Gasteiger partial charge on any atom is 0.0774 e. The van der Waals surface area contributed by atoms with Gasteiger partial charge in [0.1, 0.15) is 0 Å². The summed E-state index contributed by atoms with van der Waals surface area (Å²) in [6, 6.07) is 10.0. The van der Waals surface area contributed by atoms with Gasteiger partial charge < -0.3 is 15.3 Å². The van der Waals surface area contributed by atoms with Gasteiger partial charge in [-0.15, -0.1) is 0 Å². The molecule has 0 saturated heterocycles. The van der Waals surface area contributed by atoms with Crippen LogP contribution < -0.4 is 0 Å². The van der Waals surface area contributed by atoms with Gasteiger partial charge in [0.05, 0.1) is 17.8 Å². The lowest BCUT2D eigenvalue weighted by molar-refractivity contribution is -0.0286. The zero-order valence-corrected chi connectivity index (χ0v) is 16.8. The average Bonchev–Trinajstić information content (AvgIpc) is 2.58. The van der Waals surface area contributed by atoms with Crippen molar-refractivity contribution in [3.05, 3.63) is 60.2 Å². The van der Waals surface area contributed by atoms with Gasteiger partial charge in [-0.05, 0) is 38.2 Å². The van der Waals surface area contributed by atoms with Crippen LogP contribution in [0.25, 0.3) is 0 Å². The quantitative estimate of drug-likeness (QED) is 0.550. The summed E-state index contributed by atoms with van der Waals surface area (Å²) in [7, 11) is 0. The van der Waals surface area contributed by atoms with E-state index in [0.717, 1.165) is 12.0 Å². The summed E-state index contributed by atoms with van der Waals surface area (Å²) in [6.07, 6.45) is 7.58. The third-order valence-corrected chi connectivity index (χ3v) is 4.76. The molecule has 1 aromatic rings. The Morgan fingerprint density at radius 1 is 1.00 bits per heavy atom. The summed E-state index contributed by atoms with van der Waals surface area (Å²) in [5.41, 5.74) is 0.269. The van der Waals surface area contributed by atoms with Gasteiger partial charge in [0, 0.05) is 11.8 Å². The summed E-state index contributed by atoms with van der Waals surface area (Å²) in [5, 5.41) is 31.5. The van der Waals surface area contributed by atoms with Crippen LogP contribution in [0.4, 0.5) is 0 Å². The predicted molar refractivity (Wildman–Crippen MR) is 109 cm³/mol. The van der Waals surface area contributed by atoms with Gasteiger partial charge in [0.15, 0.2) is 0 Å². The number of hydrogen-bond donors (Lipinski definition) is 3. The van der Waals surface area contributed by atoms with E-state index in [1.54, 1.807) is 26.0 Å². The standard InChI is InChI=1S/C23H36O3/c1-6-19(14-10-11-15-23(4,5)26)22(25)20(21(24)17(2)3)16-18-12-8-7-9-13-18/h7-15,17,19-22,24-26H,6,16H2,1-5H3/b14-10+,15-11+/t19-,20-,21-,22-/m0/s1. The highest BCUT2D eigenvalue weighted by Crippen LogP contribution is 2.28. The molecule has 3 nitrogen and oxygen atoms in total. The lowest BCUT2D eigenvalue weighted by Crippen LogP contribution is -2.40. The van der Waals surface area contributed by atoms with Crippen molar-refractivity contribution in [2.75, 3.05) is 0 Å². The van der Waals surface area contributed by atoms with E-state index >= 15 is 0 Å². The molecule has 1 rings (SSSR count). The number of rotatable bonds is 10. The Labute approximate surface area is 159 Å². The normalized spacial score (nSPS) is 17.7. The van der Waals surface area contributed by atoms with Crippen LogP contribution in [-0.2, 0) is 6.42 Å². The molecule has 1 aromatic carbocycles. The van der Waals surface area contributed by atoms with Crippen LogP contribution >= 0.6 is 0 Å². The second-order valence-corrected chi connectivity index (χ2v) is 8.05. The Kier molecular flexibility index (Phi) is 9.28. The topological polar surface area (TPSA) is 60.7 Å². The second kappa shape index (κ2) is 10.7. The van der Waals surface area contributed by atoms with Crippen molar-refractivity contribution < 1.29 is 15.3 Å². The molecule has 0 saturated carbocycles. The van der Waals surface area contributed by atoms with Crippen LogP contribution in [0, 0.1) is 17.8 Å². The van der Waals surface area contributed by atoms with E-state index < -0.39 is 17.8 Å². The number of hydrogen-bond acceptors (Lipinski definition) is 3. The van der Waals surface area contributed by atoms with Gasteiger partial charge in [0.2, 0.25) is 0 Å². The molecular formula is C23H36O3. The molecule has 26 heavy (non-hydrogen) atoms. The van der Waals surface area contributed by atoms with Crippen molar-refractivity contribution in [3.63, 3.8) is 0 Å². The highest BCUT2D eigenvalue weighted by atomic mass is 16.3. The first-order valence-electron chi connectivity index (χ1n) is 9.64. The van der Waals surface area contributed by atoms with Gasteiger partial charge in [-0.25, -0.2) is 0 Å². The van der Waals surface area contributed by atoms with E-state index in [2.05, 4.69) is 0 Å². The first-order valence-corrected chi connectivity index (χ1v) is 9.64. The monoisotopic (exact) mass is 360 g/mol. The molecule has 0 aliphatic rings. The van der Waals surface area contributed by atoms with Crippen molar-refractivity contribution in [2.24, 2.45) is 17.8 Å². The molecule has 0 heterocycles. The van der Waals surface area contributed by atoms with E-state index in [1.807, 2.05) is 63.3 Å². The summed E-state index contributed by atoms with van der Waals surface area (Å²) in [4.78, 5) is 0. The van der Waals surface area contributed by atoms with Crippen LogP contribution in [-0.4, -0.2) is 33.1 Å². The fourth-order valence-electron chi connectivity index (χ4n) is 3.13. The van der Waals surface area contributed by atoms with Crippen LogP contribution in [0.1, 0.15) is 46.6 Å². The maximum absolute atomic E-state index is 11.0. The molecule has 0 amide bonds. The fraction of sp³-hybridized carbons (Fsp3) is 0.565. The van der Waals surface area contributed by atoms with E-state index in [0.29, 0.717) is 6.42 Å². The Hall–Kier alpha value is -1.42. The Bertz CT molecular complexity index is 555. The molecule has 0 aromatic heterocycles. The van der Waals surface area contributed by atoms with E-state index in [1.165, 1.54) is 0 Å². The van der Waals surface area contributed by atoms with Crippen LogP contribution in [0.15, 0.2) is 54.6 Å². The zero-order chi connectivity index (χ0) is 19.7. The summed E-state index contributed by atoms with van der Waals surface area (Å²) in [6.45, 7) is 9.45. The molecule has 3 heteroatoms. The fourth-order valence-corrected chi connectivity index (χ4v) is 3.13. The van der Waals surface area contributed by atoms with Gasteiger partial charge in [0.25, 0.3) is 0 Å². The van der Waals surface area contributed by atoms with Gasteiger partial charge in [-0.3, -0.25) is 0 Å². The van der Waals surface area contributed by atoms with Crippen molar-refractivity contribution in [1.29, 1.82) is 0 Å². The molecule has 0 radical (unpaired) electrons. The Morgan fingerprint density at radius 2 is 1.62 bits per heavy atom. The van der Waals surface area contributed by atoms with E-state index in [9.17, 15) is 15.3 Å². The SMILES string of the molecule is CC[C@@H](/C=C/C=C/C(C)(C)O)[C@H](O)[C@@H](Cc1ccccc1)[C@@H](O)C(C)C. The van der Waals surface area contributed by atoms with Crippen molar-refractivity contribution in [1.82, 2.24) is 0 Å². The first kappa shape index (κ1) is 22.6. The van der Waals surface area contributed by atoms with Crippen LogP contribution in [0.5, 0.6) is 0 Å². The molecular weight excluding hydrogens is 324 g/mol. The molecule has 4 atom stereocenters. The Balaban J connectivity index is 2.95. The third-order valence-electron chi connectivity index (χ3n) is 4.76. The van der Waals surface area contributed by atoms with Gasteiger partial charge in [-0.2, -0.15) is 0 Å². The molecule has 0 spiro atoms. The third kappa shape index (κ3) is 7.86. The average molecular weight is 361 g/mol. The molecule has 0 bridgehead atoms. The van der Waals surface area contributed by atoms with E-state index in [-0.39, 0.29) is 17.8 Å². The van der Waals surface area contributed by atoms with Crippen molar-refractivity contribution in [2.45, 2.75) is 65.3 Å². The highest BCUT2D eigenvalue weighted by Gasteiger charge is 2.32. The number of aliphatic hydroxyl groups is 3. The summed E-state index contributed by atoms with van der Waals surface area (Å²) < 4.78 is 0. The molecule has 0 fully saturated rings. The molecule has 3 N–H and O–H groups in total. The zero-order valence-electron chi connectivity index (χ0n) is 16.8. The minimum Gasteiger partial charge on any atom is -0.392 e. The minimum atomic E-state index is -0.853. The number of benzene rings is 1. The van der Waals surface area contributed by atoms with Crippen LogP contribution in [0.2, 0.25) is 0 Å². The number of allylic oxidation sites excluding steroid dienone is 2. The molecule has 0 aliphatic heterocycles. The van der Waals surface area contributed by atoms with Crippen molar-refractivity contribution in [3.8, 4) is 0 Å². The summed E-state index contributed by atoms with van der Waals surface area (Å²) >= 11 is 0. The van der Waals surface area contributed by atoms with Gasteiger partial charge in [-0.1, -0.05) is 75.4 Å². The second-order valence-electron chi connectivity index (χ2n) is 8.05. The van der Waals surface area contributed by atoms with E-state index in [4.69, 9.17) is 0 Å². The van der Waals surface area contributed by atoms with Crippen molar-refractivity contribution >= 4 is 0 Å². The van der Waals surface area contributed by atoms with Gasteiger partial charge >= 0.3 is 0 Å². The smallest absolute Gasteiger partial charge is 0.0774 e. The first-order chi connectivity index (χ1) is 12.2. The summed E-state index contributed by atoms with van der Waals surface area (Å²) in [5.74, 6) is -0.205. The lowest BCUT2D eigenvalue weighted by atomic mass is 9.78. The number of aliphatic hydroxyl groups excluding tert-OH is 2. The largest absolute Gasteiger partial charge is 0.392 e. The lowest BCUT2D eigenvalue weighted by Gasteiger charge is -2.33. The predicted octanol–water partition coefficient (Wildman–Crippen LogP) is 4.13. The minimum absolute atomic E-state index is 0.0523. The highest BCUT2D eigenvalue weighted by molar-refractivity contribution is 5.16. The Morgan fingerprint density at radius 3 is 2.12 bits per heavy atom. The van der Waals surface area contributed by atoms with Crippen LogP contribution in [0.3, 0.4) is 0 Å². The molecule has 0 aliphatic carbocycles. The molecule has 0 unspecified atom stereocenters. The molecule has 146 valence electrons.